The summed E-state index contributed by atoms with van der Waals surface area (Å²) in [6, 6.07) is 7.74. The summed E-state index contributed by atoms with van der Waals surface area (Å²) in [6.07, 6.45) is 1.03. The molecule has 1 aliphatic rings. The summed E-state index contributed by atoms with van der Waals surface area (Å²) >= 11 is 1.05. The van der Waals surface area contributed by atoms with Gasteiger partial charge in [0, 0.05) is 18.7 Å². The Labute approximate surface area is 144 Å². The van der Waals surface area contributed by atoms with E-state index in [2.05, 4.69) is 0 Å². The SMILES string of the molecule is CCCC(=O)/C(=C1\SCCCN1S(=O)(=O)c1ccccc1)[N+](=O)[O-]. The van der Waals surface area contributed by atoms with Crippen LogP contribution in [0.4, 0.5) is 0 Å². The first-order valence-corrected chi connectivity index (χ1v) is 9.94. The smallest absolute Gasteiger partial charge is 0.287 e. The minimum absolute atomic E-state index is 0.0135. The minimum atomic E-state index is -3.94. The Bertz CT molecular complexity index is 759. The second-order valence-electron chi connectivity index (χ2n) is 5.18. The van der Waals surface area contributed by atoms with Gasteiger partial charge in [0.2, 0.25) is 5.78 Å². The standard InChI is InChI=1S/C15H18N2O5S2/c1-2-7-13(18)14(17(19)20)15-16(10-6-11-23-15)24(21,22)12-8-4-3-5-9-12/h3-5,8-9H,2,6-7,10-11H2,1H3/b15-14+. The molecule has 1 aliphatic heterocycles. The van der Waals surface area contributed by atoms with Crippen molar-refractivity contribution in [3.63, 3.8) is 0 Å². The lowest BCUT2D eigenvalue weighted by molar-refractivity contribution is -0.420. The van der Waals surface area contributed by atoms with Crippen LogP contribution in [0.25, 0.3) is 0 Å². The maximum absolute atomic E-state index is 12.8. The number of allylic oxidation sites excluding steroid dienone is 1. The predicted molar refractivity (Wildman–Crippen MR) is 91.3 cm³/mol. The Morgan fingerprint density at radius 2 is 2.00 bits per heavy atom. The summed E-state index contributed by atoms with van der Waals surface area (Å²) < 4.78 is 26.7. The highest BCUT2D eigenvalue weighted by atomic mass is 32.2. The van der Waals surface area contributed by atoms with Crippen molar-refractivity contribution >= 4 is 27.6 Å². The van der Waals surface area contributed by atoms with E-state index in [0.29, 0.717) is 18.6 Å². The van der Waals surface area contributed by atoms with Crippen LogP contribution in [0.2, 0.25) is 0 Å². The van der Waals surface area contributed by atoms with Gasteiger partial charge in [-0.3, -0.25) is 19.2 Å². The van der Waals surface area contributed by atoms with Gasteiger partial charge in [0.15, 0.2) is 5.03 Å². The van der Waals surface area contributed by atoms with Crippen molar-refractivity contribution in [3.05, 3.63) is 51.2 Å². The van der Waals surface area contributed by atoms with E-state index in [0.717, 1.165) is 16.1 Å². The molecule has 0 N–H and O–H groups in total. The van der Waals surface area contributed by atoms with E-state index in [-0.39, 0.29) is 22.9 Å². The number of hydrogen-bond donors (Lipinski definition) is 0. The topological polar surface area (TPSA) is 97.6 Å². The number of carbonyl (C=O) groups is 1. The van der Waals surface area contributed by atoms with E-state index < -0.39 is 26.4 Å². The van der Waals surface area contributed by atoms with E-state index >= 15 is 0 Å². The Morgan fingerprint density at radius 1 is 1.33 bits per heavy atom. The van der Waals surface area contributed by atoms with Gasteiger partial charge in [-0.1, -0.05) is 25.1 Å². The number of nitrogens with zero attached hydrogens (tertiary/aromatic N) is 2. The summed E-state index contributed by atoms with van der Waals surface area (Å²) in [4.78, 5) is 22.9. The van der Waals surface area contributed by atoms with Crippen molar-refractivity contribution in [1.29, 1.82) is 0 Å². The van der Waals surface area contributed by atoms with Gasteiger partial charge < -0.3 is 0 Å². The van der Waals surface area contributed by atoms with E-state index in [1.807, 2.05) is 0 Å². The lowest BCUT2D eigenvalue weighted by atomic mass is 10.2. The van der Waals surface area contributed by atoms with Crippen LogP contribution in [0.1, 0.15) is 26.2 Å². The molecule has 130 valence electrons. The molecule has 0 unspecified atom stereocenters. The third kappa shape index (κ3) is 3.78. The molecule has 0 saturated carbocycles. The van der Waals surface area contributed by atoms with Gasteiger partial charge in [0.25, 0.3) is 10.0 Å². The van der Waals surface area contributed by atoms with Gasteiger partial charge in [-0.2, -0.15) is 0 Å². The molecule has 0 atom stereocenters. The van der Waals surface area contributed by atoms with Crippen molar-refractivity contribution < 1.29 is 18.1 Å². The lowest BCUT2D eigenvalue weighted by Gasteiger charge is -2.29. The molecule has 0 radical (unpaired) electrons. The van der Waals surface area contributed by atoms with Crippen LogP contribution in [0.5, 0.6) is 0 Å². The van der Waals surface area contributed by atoms with Gasteiger partial charge in [0.1, 0.15) is 0 Å². The number of sulfonamides is 1. The molecule has 24 heavy (non-hydrogen) atoms. The van der Waals surface area contributed by atoms with Gasteiger partial charge in [0.05, 0.1) is 9.82 Å². The maximum atomic E-state index is 12.8. The Balaban J connectivity index is 2.56. The Hall–Kier alpha value is -1.87. The van der Waals surface area contributed by atoms with Crippen LogP contribution in [0.15, 0.2) is 46.0 Å². The minimum Gasteiger partial charge on any atom is -0.287 e. The van der Waals surface area contributed by atoms with Gasteiger partial charge in [-0.05, 0) is 25.0 Å². The van der Waals surface area contributed by atoms with Crippen LogP contribution in [0.3, 0.4) is 0 Å². The quantitative estimate of drug-likeness (QED) is 0.434. The molecular weight excluding hydrogens is 352 g/mol. The molecule has 0 aromatic heterocycles. The van der Waals surface area contributed by atoms with E-state index in [1.165, 1.54) is 12.1 Å². The molecule has 1 heterocycles. The molecule has 0 amide bonds. The Kier molecular flexibility index (Phi) is 6.00. The molecule has 0 aliphatic carbocycles. The zero-order chi connectivity index (χ0) is 17.7. The molecule has 0 bridgehead atoms. The summed E-state index contributed by atoms with van der Waals surface area (Å²) in [6.45, 7) is 1.86. The third-order valence-electron chi connectivity index (χ3n) is 3.43. The number of thioether (sulfide) groups is 1. The fourth-order valence-electron chi connectivity index (χ4n) is 2.33. The second-order valence-corrected chi connectivity index (χ2v) is 8.12. The molecule has 1 saturated heterocycles. The zero-order valence-electron chi connectivity index (χ0n) is 13.2. The van der Waals surface area contributed by atoms with Crippen molar-refractivity contribution in [2.24, 2.45) is 0 Å². The number of hydrogen-bond acceptors (Lipinski definition) is 6. The normalized spacial score (nSPS) is 17.5. The number of ketones is 1. The van der Waals surface area contributed by atoms with Crippen LogP contribution >= 0.6 is 11.8 Å². The summed E-state index contributed by atoms with van der Waals surface area (Å²) in [5.74, 6) is -0.104. The van der Waals surface area contributed by atoms with Gasteiger partial charge in [-0.25, -0.2) is 8.42 Å². The molecule has 1 aromatic rings. The summed E-state index contributed by atoms with van der Waals surface area (Å²) in [5.41, 5.74) is -0.624. The highest BCUT2D eigenvalue weighted by molar-refractivity contribution is 8.04. The zero-order valence-corrected chi connectivity index (χ0v) is 14.8. The fourth-order valence-corrected chi connectivity index (χ4v) is 5.24. The number of benzene rings is 1. The average molecular weight is 370 g/mol. The first kappa shape index (κ1) is 18.5. The molecule has 9 heteroatoms. The highest BCUT2D eigenvalue weighted by Gasteiger charge is 2.38. The average Bonchev–Trinajstić information content (AvgIpc) is 2.56. The number of nitro groups is 1. The molecular formula is C15H18N2O5S2. The van der Waals surface area contributed by atoms with Crippen LogP contribution in [-0.4, -0.2) is 35.7 Å². The fraction of sp³-hybridized carbons (Fsp3) is 0.400. The maximum Gasteiger partial charge on any atom is 0.342 e. The van der Waals surface area contributed by atoms with Crippen molar-refractivity contribution in [2.45, 2.75) is 31.1 Å². The van der Waals surface area contributed by atoms with Crippen molar-refractivity contribution in [2.75, 3.05) is 12.3 Å². The second kappa shape index (κ2) is 7.80. The first-order valence-electron chi connectivity index (χ1n) is 7.52. The van der Waals surface area contributed by atoms with Crippen molar-refractivity contribution in [3.8, 4) is 0 Å². The van der Waals surface area contributed by atoms with Gasteiger partial charge in [-0.15, -0.1) is 11.8 Å². The van der Waals surface area contributed by atoms with Crippen LogP contribution < -0.4 is 0 Å². The summed E-state index contributed by atoms with van der Waals surface area (Å²) in [7, 11) is -3.94. The van der Waals surface area contributed by atoms with E-state index in [4.69, 9.17) is 0 Å². The molecule has 2 rings (SSSR count). The number of carbonyl (C=O) groups excluding carboxylic acids is 1. The van der Waals surface area contributed by atoms with Crippen LogP contribution in [0, 0.1) is 10.1 Å². The third-order valence-corrected chi connectivity index (χ3v) is 6.54. The molecule has 1 fully saturated rings. The Morgan fingerprint density at radius 3 is 2.58 bits per heavy atom. The van der Waals surface area contributed by atoms with E-state index in [9.17, 15) is 23.3 Å². The monoisotopic (exact) mass is 370 g/mol. The van der Waals surface area contributed by atoms with Crippen LogP contribution in [-0.2, 0) is 14.8 Å². The van der Waals surface area contributed by atoms with E-state index in [1.54, 1.807) is 25.1 Å². The molecule has 1 aromatic carbocycles. The number of Topliss-reactive ketones (excluding diaryl/α,β-unsaturated/α-hetero) is 1. The lowest BCUT2D eigenvalue weighted by Crippen LogP contribution is -2.36. The summed E-state index contributed by atoms with van der Waals surface area (Å²) in [5, 5.41) is 11.3. The number of rotatable bonds is 6. The predicted octanol–water partition coefficient (Wildman–Crippen LogP) is 2.63. The van der Waals surface area contributed by atoms with Gasteiger partial charge >= 0.3 is 5.70 Å². The van der Waals surface area contributed by atoms with Crippen molar-refractivity contribution in [1.82, 2.24) is 4.31 Å². The first-order chi connectivity index (χ1) is 11.4. The largest absolute Gasteiger partial charge is 0.342 e. The molecule has 7 nitrogen and oxygen atoms in total. The highest BCUT2D eigenvalue weighted by Crippen LogP contribution is 2.35. The molecule has 0 spiro atoms.